The summed E-state index contributed by atoms with van der Waals surface area (Å²) in [6, 6.07) is 0. The maximum atomic E-state index is 9.16. The largest absolute Gasteiger partial charge is 0.492 e. The molecule has 0 aliphatic rings. The van der Waals surface area contributed by atoms with Gasteiger partial charge in [0.1, 0.15) is 5.69 Å². The lowest BCUT2D eigenvalue weighted by atomic mass is 10.4. The normalized spacial score (nSPS) is 10.6. The van der Waals surface area contributed by atoms with Crippen molar-refractivity contribution in [3.63, 3.8) is 0 Å². The van der Waals surface area contributed by atoms with E-state index in [-0.39, 0.29) is 5.88 Å². The summed E-state index contributed by atoms with van der Waals surface area (Å²) in [5.41, 5.74) is 0.878. The van der Waals surface area contributed by atoms with Gasteiger partial charge < -0.3 is 14.2 Å². The molecule has 13 heavy (non-hydrogen) atoms. The molecule has 1 N–H and O–H groups in total. The van der Waals surface area contributed by atoms with Crippen LogP contribution in [0.2, 0.25) is 0 Å². The van der Waals surface area contributed by atoms with E-state index in [1.807, 2.05) is 18.7 Å². The van der Waals surface area contributed by atoms with Gasteiger partial charge in [-0.1, -0.05) is 0 Å². The molecule has 68 valence electrons. The van der Waals surface area contributed by atoms with Crippen LogP contribution in [0.4, 0.5) is 0 Å². The van der Waals surface area contributed by atoms with Gasteiger partial charge in [-0.05, 0) is 0 Å². The molecule has 0 atom stereocenters. The van der Waals surface area contributed by atoms with E-state index < -0.39 is 0 Å². The van der Waals surface area contributed by atoms with Crippen molar-refractivity contribution >= 4 is 0 Å². The predicted molar refractivity (Wildman–Crippen MR) is 47.1 cm³/mol. The first kappa shape index (κ1) is 7.85. The van der Waals surface area contributed by atoms with E-state index in [4.69, 9.17) is 5.11 Å². The highest BCUT2D eigenvalue weighted by molar-refractivity contribution is 5.50. The minimum atomic E-state index is 0.0266. The number of nitrogens with zero attached hydrogens (tertiary/aromatic N) is 4. The molecule has 2 aromatic rings. The Morgan fingerprint density at radius 2 is 2.08 bits per heavy atom. The molecule has 0 amide bonds. The molecule has 0 spiro atoms. The Bertz CT molecular complexity index is 429. The van der Waals surface area contributed by atoms with Gasteiger partial charge in [-0.15, -0.1) is 0 Å². The summed E-state index contributed by atoms with van der Waals surface area (Å²) in [5, 5.41) is 9.16. The van der Waals surface area contributed by atoms with Crippen molar-refractivity contribution in [3.05, 3.63) is 18.7 Å². The fraction of sp³-hybridized carbons (Fsp3) is 0.250. The molecular weight excluding hydrogens is 168 g/mol. The number of rotatable bonds is 1. The van der Waals surface area contributed by atoms with Crippen molar-refractivity contribution in [1.29, 1.82) is 0 Å². The number of aromatic hydroxyl groups is 1. The van der Waals surface area contributed by atoms with E-state index >= 15 is 0 Å². The molecule has 0 unspecified atom stereocenters. The van der Waals surface area contributed by atoms with Crippen LogP contribution in [0.1, 0.15) is 0 Å². The number of aromatic nitrogens is 4. The Morgan fingerprint density at radius 3 is 2.54 bits per heavy atom. The SMILES string of the molecule is Cn1cncc1-c1nc(O)cn1C. The average Bonchev–Trinajstić information content (AvgIpc) is 2.58. The topological polar surface area (TPSA) is 55.9 Å². The van der Waals surface area contributed by atoms with Gasteiger partial charge in [0.05, 0.1) is 18.7 Å². The summed E-state index contributed by atoms with van der Waals surface area (Å²) in [5.74, 6) is 0.733. The molecule has 2 heterocycles. The molecule has 0 bridgehead atoms. The van der Waals surface area contributed by atoms with Crippen molar-refractivity contribution in [2.45, 2.75) is 0 Å². The molecule has 0 aliphatic carbocycles. The first-order valence-electron chi connectivity index (χ1n) is 3.87. The molecule has 0 radical (unpaired) electrons. The van der Waals surface area contributed by atoms with E-state index in [0.29, 0.717) is 5.82 Å². The van der Waals surface area contributed by atoms with Crippen molar-refractivity contribution in [1.82, 2.24) is 19.1 Å². The maximum Gasteiger partial charge on any atom is 0.229 e. The zero-order valence-corrected chi connectivity index (χ0v) is 7.47. The van der Waals surface area contributed by atoms with Crippen molar-refractivity contribution < 1.29 is 5.11 Å². The highest BCUT2D eigenvalue weighted by atomic mass is 16.3. The monoisotopic (exact) mass is 178 g/mol. The molecule has 5 heteroatoms. The van der Waals surface area contributed by atoms with Gasteiger partial charge in [0, 0.05) is 14.1 Å². The average molecular weight is 178 g/mol. The Labute approximate surface area is 75.3 Å². The van der Waals surface area contributed by atoms with E-state index in [1.165, 1.54) is 0 Å². The van der Waals surface area contributed by atoms with Crippen LogP contribution >= 0.6 is 0 Å². The predicted octanol–water partition coefficient (Wildman–Crippen LogP) is 0.526. The minimum Gasteiger partial charge on any atom is -0.492 e. The first-order chi connectivity index (χ1) is 6.18. The van der Waals surface area contributed by atoms with Gasteiger partial charge in [0.15, 0.2) is 5.82 Å². The van der Waals surface area contributed by atoms with Crippen LogP contribution in [0.25, 0.3) is 11.5 Å². The van der Waals surface area contributed by atoms with E-state index in [1.54, 1.807) is 23.3 Å². The molecular formula is C8H10N4O. The third kappa shape index (κ3) is 1.18. The lowest BCUT2D eigenvalue weighted by molar-refractivity contribution is 0.456. The summed E-state index contributed by atoms with van der Waals surface area (Å²) in [4.78, 5) is 7.95. The molecule has 5 nitrogen and oxygen atoms in total. The highest BCUT2D eigenvalue weighted by Crippen LogP contribution is 2.18. The maximum absolute atomic E-state index is 9.16. The fourth-order valence-corrected chi connectivity index (χ4v) is 1.26. The fourth-order valence-electron chi connectivity index (χ4n) is 1.26. The molecule has 0 saturated carbocycles. The van der Waals surface area contributed by atoms with Crippen LogP contribution in [0.3, 0.4) is 0 Å². The molecule has 0 saturated heterocycles. The highest BCUT2D eigenvalue weighted by Gasteiger charge is 2.09. The van der Waals surface area contributed by atoms with Gasteiger partial charge in [0.25, 0.3) is 0 Å². The van der Waals surface area contributed by atoms with E-state index in [0.717, 1.165) is 5.69 Å². The van der Waals surface area contributed by atoms with E-state index in [2.05, 4.69) is 9.97 Å². The minimum absolute atomic E-state index is 0.0266. The molecule has 0 fully saturated rings. The molecule has 0 aromatic carbocycles. The number of hydrogen-bond donors (Lipinski definition) is 1. The van der Waals surface area contributed by atoms with Gasteiger partial charge in [-0.25, -0.2) is 4.98 Å². The van der Waals surface area contributed by atoms with Crippen LogP contribution in [0.15, 0.2) is 18.7 Å². The van der Waals surface area contributed by atoms with Crippen LogP contribution in [0, 0.1) is 0 Å². The summed E-state index contributed by atoms with van der Waals surface area (Å²) >= 11 is 0. The van der Waals surface area contributed by atoms with Gasteiger partial charge in [-0.3, -0.25) is 0 Å². The van der Waals surface area contributed by atoms with Crippen LogP contribution < -0.4 is 0 Å². The van der Waals surface area contributed by atoms with Crippen LogP contribution in [0.5, 0.6) is 5.88 Å². The van der Waals surface area contributed by atoms with Gasteiger partial charge in [-0.2, -0.15) is 4.98 Å². The number of imidazole rings is 2. The van der Waals surface area contributed by atoms with Crippen molar-refractivity contribution in [2.24, 2.45) is 14.1 Å². The third-order valence-electron chi connectivity index (χ3n) is 1.91. The smallest absolute Gasteiger partial charge is 0.229 e. The molecule has 0 aliphatic heterocycles. The van der Waals surface area contributed by atoms with Gasteiger partial charge >= 0.3 is 0 Å². The second-order valence-electron chi connectivity index (χ2n) is 2.92. The van der Waals surface area contributed by atoms with Crippen molar-refractivity contribution in [3.8, 4) is 17.4 Å². The summed E-state index contributed by atoms with van der Waals surface area (Å²) in [6.07, 6.45) is 4.96. The van der Waals surface area contributed by atoms with Crippen molar-refractivity contribution in [2.75, 3.05) is 0 Å². The summed E-state index contributed by atoms with van der Waals surface area (Å²) < 4.78 is 3.61. The first-order valence-corrected chi connectivity index (χ1v) is 3.87. The Hall–Kier alpha value is -1.78. The zero-order valence-electron chi connectivity index (χ0n) is 7.47. The van der Waals surface area contributed by atoms with E-state index in [9.17, 15) is 0 Å². The zero-order chi connectivity index (χ0) is 9.42. The number of hydrogen-bond acceptors (Lipinski definition) is 3. The Balaban J connectivity index is 2.58. The Kier molecular flexibility index (Phi) is 1.58. The lowest BCUT2D eigenvalue weighted by Crippen LogP contribution is -1.96. The van der Waals surface area contributed by atoms with Crippen LogP contribution in [-0.2, 0) is 14.1 Å². The number of aryl methyl sites for hydroxylation is 2. The quantitative estimate of drug-likeness (QED) is 0.692. The second kappa shape index (κ2) is 2.62. The summed E-state index contributed by atoms with van der Waals surface area (Å²) in [7, 11) is 3.71. The lowest BCUT2D eigenvalue weighted by Gasteiger charge is -2.00. The third-order valence-corrected chi connectivity index (χ3v) is 1.91. The summed E-state index contributed by atoms with van der Waals surface area (Å²) in [6.45, 7) is 0. The Morgan fingerprint density at radius 1 is 1.31 bits per heavy atom. The second-order valence-corrected chi connectivity index (χ2v) is 2.92. The van der Waals surface area contributed by atoms with Crippen LogP contribution in [-0.4, -0.2) is 24.2 Å². The standard InChI is InChI=1S/C8H10N4O/c1-11-4-7(13)10-8(11)6-3-9-5-12(6)2/h3-5,13H,1-2H3. The van der Waals surface area contributed by atoms with Gasteiger partial charge in [0.2, 0.25) is 5.88 Å². The molecule has 2 aromatic heterocycles. The molecule has 2 rings (SSSR count).